The Labute approximate surface area is 136 Å². The number of nitrogens with one attached hydrogen (secondary N) is 1. The number of guanidine groups is 1. The number of anilines is 1. The van der Waals surface area contributed by atoms with Gasteiger partial charge in [-0.2, -0.15) is 0 Å². The standard InChI is InChI=1S/C18H23N5/c1-10-8-11(2)15(12(3)9-10)16-21-17(19)22-18-20-13-6-4-5-7-14(13)23(16)18/h4-8,11-12,15-16H,9H2,1-3H3,(H3,19,20,21,22)/t11-,12-,15-,16+/m0/s1. The van der Waals surface area contributed by atoms with Crippen molar-refractivity contribution >= 4 is 22.9 Å². The van der Waals surface area contributed by atoms with Gasteiger partial charge in [-0.05, 0) is 37.3 Å². The minimum absolute atomic E-state index is 0.00648. The second kappa shape index (κ2) is 5.11. The molecule has 1 aromatic heterocycles. The number of para-hydroxylation sites is 2. The maximum Gasteiger partial charge on any atom is 0.212 e. The van der Waals surface area contributed by atoms with Crippen molar-refractivity contribution in [1.82, 2.24) is 9.55 Å². The number of aromatic nitrogens is 2. The van der Waals surface area contributed by atoms with E-state index in [1.165, 1.54) is 5.57 Å². The van der Waals surface area contributed by atoms with Crippen LogP contribution in [-0.2, 0) is 0 Å². The fourth-order valence-corrected chi connectivity index (χ4v) is 4.36. The average molecular weight is 309 g/mol. The minimum atomic E-state index is -0.00648. The van der Waals surface area contributed by atoms with E-state index in [0.717, 1.165) is 23.4 Å². The highest BCUT2D eigenvalue weighted by molar-refractivity contribution is 5.94. The van der Waals surface area contributed by atoms with Gasteiger partial charge in [0.15, 0.2) is 5.96 Å². The zero-order valence-corrected chi connectivity index (χ0v) is 13.8. The summed E-state index contributed by atoms with van der Waals surface area (Å²) in [6.45, 7) is 6.84. The summed E-state index contributed by atoms with van der Waals surface area (Å²) >= 11 is 0. The smallest absolute Gasteiger partial charge is 0.212 e. The van der Waals surface area contributed by atoms with Gasteiger partial charge in [0, 0.05) is 5.92 Å². The first-order valence-electron chi connectivity index (χ1n) is 8.29. The highest BCUT2D eigenvalue weighted by Crippen LogP contribution is 2.44. The van der Waals surface area contributed by atoms with Crippen LogP contribution in [0.25, 0.3) is 11.0 Å². The molecule has 23 heavy (non-hydrogen) atoms. The molecule has 0 spiro atoms. The van der Waals surface area contributed by atoms with E-state index in [9.17, 15) is 0 Å². The van der Waals surface area contributed by atoms with Gasteiger partial charge < -0.3 is 5.73 Å². The third kappa shape index (κ3) is 2.22. The highest BCUT2D eigenvalue weighted by Gasteiger charge is 2.38. The lowest BCUT2D eigenvalue weighted by molar-refractivity contribution is 0.188. The molecule has 1 aliphatic carbocycles. The van der Waals surface area contributed by atoms with Crippen LogP contribution >= 0.6 is 0 Å². The molecule has 4 atom stereocenters. The van der Waals surface area contributed by atoms with Gasteiger partial charge in [0.25, 0.3) is 0 Å². The fraction of sp³-hybridized carbons (Fsp3) is 0.444. The molecule has 1 aromatic carbocycles. The molecule has 0 saturated heterocycles. The first kappa shape index (κ1) is 14.3. The van der Waals surface area contributed by atoms with Gasteiger partial charge >= 0.3 is 0 Å². The summed E-state index contributed by atoms with van der Waals surface area (Å²) in [5.41, 5.74) is 9.62. The number of nitrogens with zero attached hydrogens (tertiary/aromatic N) is 3. The van der Waals surface area contributed by atoms with Crippen LogP contribution in [0.15, 0.2) is 40.9 Å². The van der Waals surface area contributed by atoms with Gasteiger partial charge in [-0.1, -0.05) is 37.6 Å². The molecule has 4 rings (SSSR count). The number of hydrogen-bond acceptors (Lipinski definition) is 4. The van der Waals surface area contributed by atoms with Crippen LogP contribution in [0.4, 0.5) is 5.95 Å². The molecule has 0 amide bonds. The van der Waals surface area contributed by atoms with Gasteiger partial charge in [-0.25, -0.2) is 9.98 Å². The molecule has 0 saturated carbocycles. The first-order chi connectivity index (χ1) is 11.0. The number of benzene rings is 1. The van der Waals surface area contributed by atoms with Gasteiger partial charge in [0.05, 0.1) is 11.0 Å². The summed E-state index contributed by atoms with van der Waals surface area (Å²) in [6, 6.07) is 8.20. The van der Waals surface area contributed by atoms with Crippen molar-refractivity contribution in [2.24, 2.45) is 28.5 Å². The van der Waals surface area contributed by atoms with E-state index < -0.39 is 0 Å². The zero-order chi connectivity index (χ0) is 16.1. The van der Waals surface area contributed by atoms with Gasteiger partial charge in [0.1, 0.15) is 6.17 Å². The number of rotatable bonds is 1. The zero-order valence-electron chi connectivity index (χ0n) is 13.8. The van der Waals surface area contributed by atoms with Gasteiger partial charge in [0.2, 0.25) is 5.95 Å². The number of allylic oxidation sites excluding steroid dienone is 2. The predicted molar refractivity (Wildman–Crippen MR) is 94.2 cm³/mol. The Morgan fingerprint density at radius 2 is 2.04 bits per heavy atom. The number of fused-ring (bicyclic) bond motifs is 3. The Morgan fingerprint density at radius 1 is 1.26 bits per heavy atom. The predicted octanol–water partition coefficient (Wildman–Crippen LogP) is 3.51. The summed E-state index contributed by atoms with van der Waals surface area (Å²) in [5, 5.41) is 3.12. The van der Waals surface area contributed by atoms with Crippen LogP contribution in [0.5, 0.6) is 0 Å². The minimum Gasteiger partial charge on any atom is -0.370 e. The van der Waals surface area contributed by atoms with Crippen molar-refractivity contribution in [1.29, 1.82) is 0 Å². The summed E-state index contributed by atoms with van der Waals surface area (Å²) in [7, 11) is 0. The molecule has 0 radical (unpaired) electrons. The molecule has 2 heterocycles. The van der Waals surface area contributed by atoms with Crippen molar-refractivity contribution in [3.05, 3.63) is 35.9 Å². The van der Waals surface area contributed by atoms with E-state index in [0.29, 0.717) is 23.7 Å². The quantitative estimate of drug-likeness (QED) is 0.792. The van der Waals surface area contributed by atoms with Gasteiger partial charge in [-0.3, -0.25) is 9.88 Å². The normalized spacial score (nSPS) is 30.4. The molecule has 2 aromatic rings. The second-order valence-electron chi connectivity index (χ2n) is 6.98. The Hall–Kier alpha value is -2.30. The number of imidazole rings is 1. The molecule has 2 aliphatic rings. The van der Waals surface area contributed by atoms with Crippen molar-refractivity contribution < 1.29 is 0 Å². The maximum atomic E-state index is 6.06. The lowest BCUT2D eigenvalue weighted by Crippen LogP contribution is -2.38. The summed E-state index contributed by atoms with van der Waals surface area (Å²) in [4.78, 5) is 9.46. The van der Waals surface area contributed by atoms with E-state index in [2.05, 4.69) is 47.8 Å². The number of aliphatic imine (C=N–C) groups is 1. The molecular weight excluding hydrogens is 286 g/mol. The Kier molecular flexibility index (Phi) is 3.18. The highest BCUT2D eigenvalue weighted by atomic mass is 15.4. The summed E-state index contributed by atoms with van der Waals surface area (Å²) in [6.07, 6.45) is 3.50. The summed E-state index contributed by atoms with van der Waals surface area (Å²) < 4.78 is 2.22. The van der Waals surface area contributed by atoms with Crippen molar-refractivity contribution in [2.45, 2.75) is 33.4 Å². The Morgan fingerprint density at radius 3 is 2.83 bits per heavy atom. The lowest BCUT2D eigenvalue weighted by Gasteiger charge is -2.39. The van der Waals surface area contributed by atoms with Crippen molar-refractivity contribution in [2.75, 3.05) is 5.32 Å². The van der Waals surface area contributed by atoms with E-state index in [4.69, 9.17) is 10.7 Å². The van der Waals surface area contributed by atoms with Crippen LogP contribution in [0.1, 0.15) is 33.4 Å². The maximum absolute atomic E-state index is 6.06. The molecule has 3 N–H and O–H groups in total. The molecule has 1 aliphatic heterocycles. The van der Waals surface area contributed by atoms with Crippen LogP contribution in [0.2, 0.25) is 0 Å². The lowest BCUT2D eigenvalue weighted by atomic mass is 9.73. The van der Waals surface area contributed by atoms with Crippen LogP contribution < -0.4 is 11.1 Å². The van der Waals surface area contributed by atoms with Crippen molar-refractivity contribution in [3.63, 3.8) is 0 Å². The summed E-state index contributed by atoms with van der Waals surface area (Å²) in [5.74, 6) is 2.70. The second-order valence-corrected chi connectivity index (χ2v) is 6.98. The van der Waals surface area contributed by atoms with Gasteiger partial charge in [-0.15, -0.1) is 0 Å². The van der Waals surface area contributed by atoms with E-state index in [-0.39, 0.29) is 6.17 Å². The average Bonchev–Trinajstić information content (AvgIpc) is 2.83. The third-order valence-corrected chi connectivity index (χ3v) is 5.17. The third-order valence-electron chi connectivity index (χ3n) is 5.17. The van der Waals surface area contributed by atoms with E-state index in [1.807, 2.05) is 18.2 Å². The Balaban J connectivity index is 1.87. The first-order valence-corrected chi connectivity index (χ1v) is 8.29. The van der Waals surface area contributed by atoms with Crippen LogP contribution in [-0.4, -0.2) is 15.5 Å². The van der Waals surface area contributed by atoms with Crippen molar-refractivity contribution in [3.8, 4) is 0 Å². The monoisotopic (exact) mass is 309 g/mol. The molecule has 5 nitrogen and oxygen atoms in total. The Bertz CT molecular complexity index is 816. The number of hydrogen-bond donors (Lipinski definition) is 2. The fourth-order valence-electron chi connectivity index (χ4n) is 4.36. The van der Waals surface area contributed by atoms with E-state index >= 15 is 0 Å². The molecule has 0 fully saturated rings. The molecule has 5 heteroatoms. The molecule has 120 valence electrons. The van der Waals surface area contributed by atoms with Crippen LogP contribution in [0, 0.1) is 17.8 Å². The number of nitrogens with two attached hydrogens (primary N) is 1. The van der Waals surface area contributed by atoms with Crippen LogP contribution in [0.3, 0.4) is 0 Å². The molecule has 0 bridgehead atoms. The SMILES string of the molecule is CC1=C[C@H](C)[C@H]([C@@H]2N=C(N)Nc3nc4ccccc4n32)[C@@H](C)C1. The van der Waals surface area contributed by atoms with E-state index in [1.54, 1.807) is 0 Å². The molecular formula is C18H23N5. The largest absolute Gasteiger partial charge is 0.370 e. The molecule has 0 unspecified atom stereocenters. The topological polar surface area (TPSA) is 68.2 Å².